The summed E-state index contributed by atoms with van der Waals surface area (Å²) in [6.45, 7) is 3.94. The van der Waals surface area contributed by atoms with E-state index in [9.17, 15) is 4.79 Å². The SMILES string of the molecule is CC[C@H](C)C(=O)c1ccc(=S)[nH]c1. The molecule has 0 saturated carbocycles. The summed E-state index contributed by atoms with van der Waals surface area (Å²) in [5.74, 6) is 0.262. The number of hydrogen-bond acceptors (Lipinski definition) is 2. The molecule has 0 radical (unpaired) electrons. The number of H-pyrrole nitrogens is 1. The van der Waals surface area contributed by atoms with Crippen molar-refractivity contribution in [1.82, 2.24) is 4.98 Å². The average Bonchev–Trinajstić information content (AvgIpc) is 2.17. The first-order valence-electron chi connectivity index (χ1n) is 4.38. The van der Waals surface area contributed by atoms with E-state index in [1.165, 1.54) is 0 Å². The lowest BCUT2D eigenvalue weighted by Gasteiger charge is -2.06. The van der Waals surface area contributed by atoms with Crippen molar-refractivity contribution in [3.63, 3.8) is 0 Å². The maximum atomic E-state index is 11.6. The van der Waals surface area contributed by atoms with Gasteiger partial charge < -0.3 is 4.98 Å². The third-order valence-electron chi connectivity index (χ3n) is 2.13. The van der Waals surface area contributed by atoms with E-state index in [0.29, 0.717) is 10.2 Å². The molecule has 70 valence electrons. The summed E-state index contributed by atoms with van der Waals surface area (Å²) >= 11 is 4.89. The summed E-state index contributed by atoms with van der Waals surface area (Å²) in [4.78, 5) is 14.5. The number of ketones is 1. The summed E-state index contributed by atoms with van der Waals surface area (Å²) in [7, 11) is 0. The second-order valence-corrected chi connectivity index (χ2v) is 3.55. The Balaban J connectivity index is 2.90. The molecule has 0 aliphatic rings. The fourth-order valence-corrected chi connectivity index (χ4v) is 1.16. The minimum absolute atomic E-state index is 0.0874. The predicted molar refractivity (Wildman–Crippen MR) is 55.4 cm³/mol. The molecule has 3 heteroatoms. The quantitative estimate of drug-likeness (QED) is 0.594. The molecule has 0 aliphatic heterocycles. The Morgan fingerprint density at radius 2 is 2.31 bits per heavy atom. The molecule has 0 amide bonds. The summed E-state index contributed by atoms with van der Waals surface area (Å²) in [5, 5.41) is 0. The highest BCUT2D eigenvalue weighted by atomic mass is 32.1. The largest absolute Gasteiger partial charge is 0.352 e. The van der Waals surface area contributed by atoms with Gasteiger partial charge in [0.05, 0.1) is 0 Å². The normalized spacial score (nSPS) is 12.5. The first-order valence-corrected chi connectivity index (χ1v) is 4.79. The van der Waals surface area contributed by atoms with Crippen LogP contribution in [0, 0.1) is 10.6 Å². The predicted octanol–water partition coefficient (Wildman–Crippen LogP) is 2.97. The number of pyridine rings is 1. The van der Waals surface area contributed by atoms with Crippen LogP contribution < -0.4 is 0 Å². The zero-order chi connectivity index (χ0) is 9.84. The molecule has 0 saturated heterocycles. The third-order valence-corrected chi connectivity index (χ3v) is 2.38. The number of carbonyl (C=O) groups excluding carboxylic acids is 1. The van der Waals surface area contributed by atoms with Crippen LogP contribution in [-0.2, 0) is 0 Å². The van der Waals surface area contributed by atoms with E-state index in [1.54, 1.807) is 18.3 Å². The van der Waals surface area contributed by atoms with Crippen LogP contribution in [0.5, 0.6) is 0 Å². The van der Waals surface area contributed by atoms with Crippen LogP contribution >= 0.6 is 12.2 Å². The van der Waals surface area contributed by atoms with Gasteiger partial charge in [0.2, 0.25) is 0 Å². The average molecular weight is 195 g/mol. The molecule has 0 aliphatic carbocycles. The summed E-state index contributed by atoms with van der Waals surface area (Å²) < 4.78 is 0.653. The highest BCUT2D eigenvalue weighted by molar-refractivity contribution is 7.71. The van der Waals surface area contributed by atoms with Crippen LogP contribution in [0.3, 0.4) is 0 Å². The second-order valence-electron chi connectivity index (χ2n) is 3.12. The zero-order valence-corrected chi connectivity index (χ0v) is 8.65. The minimum Gasteiger partial charge on any atom is -0.352 e. The molecule has 2 nitrogen and oxygen atoms in total. The van der Waals surface area contributed by atoms with Crippen molar-refractivity contribution in [2.45, 2.75) is 20.3 Å². The number of aromatic nitrogens is 1. The maximum absolute atomic E-state index is 11.6. The first-order chi connectivity index (χ1) is 6.15. The molecule has 1 rings (SSSR count). The topological polar surface area (TPSA) is 32.9 Å². The van der Waals surface area contributed by atoms with Crippen molar-refractivity contribution in [2.75, 3.05) is 0 Å². The van der Waals surface area contributed by atoms with Crippen LogP contribution in [0.4, 0.5) is 0 Å². The van der Waals surface area contributed by atoms with Crippen LogP contribution in [0.1, 0.15) is 30.6 Å². The van der Waals surface area contributed by atoms with Gasteiger partial charge in [0, 0.05) is 17.7 Å². The highest BCUT2D eigenvalue weighted by Gasteiger charge is 2.12. The lowest BCUT2D eigenvalue weighted by Crippen LogP contribution is -2.10. The van der Waals surface area contributed by atoms with Gasteiger partial charge in [-0.1, -0.05) is 26.1 Å². The lowest BCUT2D eigenvalue weighted by molar-refractivity contribution is 0.0927. The van der Waals surface area contributed by atoms with Crippen molar-refractivity contribution in [2.24, 2.45) is 5.92 Å². The van der Waals surface area contributed by atoms with Crippen molar-refractivity contribution in [3.8, 4) is 0 Å². The molecule has 0 unspecified atom stereocenters. The minimum atomic E-state index is 0.0874. The number of Topliss-reactive ketones (excluding diaryl/α,β-unsaturated/α-hetero) is 1. The smallest absolute Gasteiger partial charge is 0.167 e. The van der Waals surface area contributed by atoms with Gasteiger partial charge >= 0.3 is 0 Å². The van der Waals surface area contributed by atoms with Gasteiger partial charge in [-0.25, -0.2) is 0 Å². The maximum Gasteiger partial charge on any atom is 0.167 e. The molecule has 1 aromatic rings. The number of aromatic amines is 1. The Labute approximate surface area is 83.0 Å². The Morgan fingerprint density at radius 1 is 1.62 bits per heavy atom. The Hall–Kier alpha value is -0.960. The zero-order valence-electron chi connectivity index (χ0n) is 7.83. The van der Waals surface area contributed by atoms with Crippen molar-refractivity contribution < 1.29 is 4.79 Å². The van der Waals surface area contributed by atoms with Crippen LogP contribution in [0.2, 0.25) is 0 Å². The van der Waals surface area contributed by atoms with E-state index >= 15 is 0 Å². The molecule has 1 atom stereocenters. The Morgan fingerprint density at radius 3 is 2.77 bits per heavy atom. The van der Waals surface area contributed by atoms with E-state index in [0.717, 1.165) is 6.42 Å². The number of hydrogen-bond donors (Lipinski definition) is 1. The van der Waals surface area contributed by atoms with Crippen molar-refractivity contribution in [1.29, 1.82) is 0 Å². The molecule has 1 aromatic heterocycles. The molecule has 0 fully saturated rings. The molecule has 13 heavy (non-hydrogen) atoms. The molecule has 1 N–H and O–H groups in total. The van der Waals surface area contributed by atoms with E-state index < -0.39 is 0 Å². The van der Waals surface area contributed by atoms with Crippen LogP contribution in [0.15, 0.2) is 18.3 Å². The molecule has 0 bridgehead atoms. The van der Waals surface area contributed by atoms with Gasteiger partial charge in [0.1, 0.15) is 4.64 Å². The number of nitrogens with one attached hydrogen (secondary N) is 1. The van der Waals surface area contributed by atoms with Gasteiger partial charge in [-0.15, -0.1) is 0 Å². The summed E-state index contributed by atoms with van der Waals surface area (Å²) in [6.07, 6.45) is 2.55. The van der Waals surface area contributed by atoms with E-state index in [1.807, 2.05) is 13.8 Å². The fourth-order valence-electron chi connectivity index (χ4n) is 1.03. The third kappa shape index (κ3) is 2.49. The summed E-state index contributed by atoms with van der Waals surface area (Å²) in [6, 6.07) is 3.51. The molecule has 0 spiro atoms. The van der Waals surface area contributed by atoms with Gasteiger partial charge in [0.15, 0.2) is 5.78 Å². The van der Waals surface area contributed by atoms with Gasteiger partial charge in [0.25, 0.3) is 0 Å². The summed E-state index contributed by atoms with van der Waals surface area (Å²) in [5.41, 5.74) is 0.711. The highest BCUT2D eigenvalue weighted by Crippen LogP contribution is 2.10. The number of carbonyl (C=O) groups is 1. The Bertz CT molecular complexity index is 336. The molecule has 1 heterocycles. The standard InChI is InChI=1S/C10H13NOS/c1-3-7(2)10(12)8-4-5-9(13)11-6-8/h4-7H,3H2,1-2H3,(H,11,13)/t7-/m0/s1. The Kier molecular flexibility index (Phi) is 3.37. The lowest BCUT2D eigenvalue weighted by atomic mass is 9.99. The molecular weight excluding hydrogens is 182 g/mol. The van der Waals surface area contributed by atoms with Gasteiger partial charge in [-0.3, -0.25) is 4.79 Å². The van der Waals surface area contributed by atoms with Crippen molar-refractivity contribution in [3.05, 3.63) is 28.5 Å². The van der Waals surface area contributed by atoms with Gasteiger partial charge in [-0.05, 0) is 18.6 Å². The van der Waals surface area contributed by atoms with Crippen LogP contribution in [0.25, 0.3) is 0 Å². The van der Waals surface area contributed by atoms with E-state index in [-0.39, 0.29) is 11.7 Å². The van der Waals surface area contributed by atoms with Crippen LogP contribution in [-0.4, -0.2) is 10.8 Å². The second kappa shape index (κ2) is 4.33. The van der Waals surface area contributed by atoms with E-state index in [2.05, 4.69) is 4.98 Å². The monoisotopic (exact) mass is 195 g/mol. The number of rotatable bonds is 3. The van der Waals surface area contributed by atoms with E-state index in [4.69, 9.17) is 12.2 Å². The van der Waals surface area contributed by atoms with Crippen molar-refractivity contribution >= 4 is 18.0 Å². The fraction of sp³-hybridized carbons (Fsp3) is 0.400. The molecular formula is C10H13NOS. The first kappa shape index (κ1) is 10.1. The van der Waals surface area contributed by atoms with Gasteiger partial charge in [-0.2, -0.15) is 0 Å². The molecule has 0 aromatic carbocycles.